The molecule has 0 amide bonds. The largest absolute Gasteiger partial charge is 0.393 e. The van der Waals surface area contributed by atoms with Gasteiger partial charge in [-0.25, -0.2) is 0 Å². The van der Waals surface area contributed by atoms with Gasteiger partial charge in [-0.15, -0.1) is 0 Å². The van der Waals surface area contributed by atoms with Crippen LogP contribution in [0.1, 0.15) is 36.1 Å². The van der Waals surface area contributed by atoms with E-state index in [2.05, 4.69) is 32.9 Å². The Morgan fingerprint density at radius 1 is 1.29 bits per heavy atom. The van der Waals surface area contributed by atoms with Crippen LogP contribution in [0.3, 0.4) is 0 Å². The number of aryl methyl sites for hydroxylation is 2. The van der Waals surface area contributed by atoms with E-state index in [1.54, 1.807) is 0 Å². The van der Waals surface area contributed by atoms with Crippen LogP contribution in [0.4, 0.5) is 0 Å². The molecule has 1 atom stereocenters. The topological polar surface area (TPSA) is 20.2 Å². The van der Waals surface area contributed by atoms with Gasteiger partial charge in [0.25, 0.3) is 0 Å². The minimum Gasteiger partial charge on any atom is -0.393 e. The van der Waals surface area contributed by atoms with Crippen LogP contribution in [0.2, 0.25) is 0 Å². The maximum Gasteiger partial charge on any atom is 0.0552 e. The van der Waals surface area contributed by atoms with Gasteiger partial charge in [-0.1, -0.05) is 19.1 Å². The molecule has 1 aromatic carbocycles. The molecule has 78 valence electrons. The number of aliphatic hydroxyl groups is 1. The molecule has 1 aromatic rings. The predicted molar refractivity (Wildman–Crippen MR) is 60.7 cm³/mol. The highest BCUT2D eigenvalue weighted by molar-refractivity contribution is 5.38. The third kappa shape index (κ3) is 2.58. The van der Waals surface area contributed by atoms with Crippen LogP contribution in [-0.4, -0.2) is 11.2 Å². The lowest BCUT2D eigenvalue weighted by molar-refractivity contribution is 0.195. The second-order valence-corrected chi connectivity index (χ2v) is 4.10. The van der Waals surface area contributed by atoms with Gasteiger partial charge in [0, 0.05) is 0 Å². The van der Waals surface area contributed by atoms with Crippen molar-refractivity contribution in [3.8, 4) is 0 Å². The highest BCUT2D eigenvalue weighted by Crippen LogP contribution is 2.18. The number of hydrogen-bond acceptors (Lipinski definition) is 1. The smallest absolute Gasteiger partial charge is 0.0552 e. The first-order valence-corrected chi connectivity index (χ1v) is 5.31. The van der Waals surface area contributed by atoms with E-state index in [-0.39, 0.29) is 6.10 Å². The highest BCUT2D eigenvalue weighted by Gasteiger charge is 2.06. The minimum atomic E-state index is -0.250. The summed E-state index contributed by atoms with van der Waals surface area (Å²) in [5.74, 6) is 0. The van der Waals surface area contributed by atoms with Crippen molar-refractivity contribution in [3.05, 3.63) is 34.4 Å². The summed E-state index contributed by atoms with van der Waals surface area (Å²) in [4.78, 5) is 0. The number of rotatable bonds is 3. The van der Waals surface area contributed by atoms with Crippen LogP contribution in [0.5, 0.6) is 0 Å². The van der Waals surface area contributed by atoms with Crippen LogP contribution in [0, 0.1) is 13.8 Å². The molecule has 0 heterocycles. The molecule has 1 rings (SSSR count). The van der Waals surface area contributed by atoms with Gasteiger partial charge in [-0.05, 0) is 55.9 Å². The zero-order valence-electron chi connectivity index (χ0n) is 9.59. The molecule has 0 aromatic heterocycles. The zero-order chi connectivity index (χ0) is 10.7. The van der Waals surface area contributed by atoms with Crippen molar-refractivity contribution in [2.75, 3.05) is 0 Å². The molecule has 0 fully saturated rings. The average Bonchev–Trinajstić information content (AvgIpc) is 2.11. The van der Waals surface area contributed by atoms with Gasteiger partial charge >= 0.3 is 0 Å². The molecule has 0 bridgehead atoms. The first-order chi connectivity index (χ1) is 6.54. The van der Waals surface area contributed by atoms with E-state index >= 15 is 0 Å². The molecule has 1 N–H and O–H groups in total. The zero-order valence-corrected chi connectivity index (χ0v) is 9.59. The lowest BCUT2D eigenvalue weighted by atomic mass is 9.95. The Balaban J connectivity index is 3.07. The SMILES string of the molecule is CCc1cc(C)c(C)c(CC(C)O)c1. The van der Waals surface area contributed by atoms with Gasteiger partial charge in [0.05, 0.1) is 6.10 Å². The predicted octanol–water partition coefficient (Wildman–Crippen LogP) is 2.79. The fourth-order valence-electron chi connectivity index (χ4n) is 1.75. The van der Waals surface area contributed by atoms with Crippen LogP contribution >= 0.6 is 0 Å². The maximum atomic E-state index is 9.38. The monoisotopic (exact) mass is 192 g/mol. The van der Waals surface area contributed by atoms with E-state index in [1.165, 1.54) is 22.3 Å². The Morgan fingerprint density at radius 2 is 1.93 bits per heavy atom. The van der Waals surface area contributed by atoms with E-state index in [0.717, 1.165) is 12.8 Å². The summed E-state index contributed by atoms with van der Waals surface area (Å²) in [6, 6.07) is 4.45. The van der Waals surface area contributed by atoms with Crippen molar-refractivity contribution in [3.63, 3.8) is 0 Å². The molecule has 0 saturated carbocycles. The van der Waals surface area contributed by atoms with Crippen LogP contribution < -0.4 is 0 Å². The molecule has 0 aliphatic carbocycles. The van der Waals surface area contributed by atoms with E-state index in [1.807, 2.05) is 6.92 Å². The first-order valence-electron chi connectivity index (χ1n) is 5.31. The Bertz CT molecular complexity index is 313. The normalized spacial score (nSPS) is 12.9. The van der Waals surface area contributed by atoms with Crippen LogP contribution in [0.25, 0.3) is 0 Å². The minimum absolute atomic E-state index is 0.250. The van der Waals surface area contributed by atoms with Gasteiger partial charge in [0.1, 0.15) is 0 Å². The van der Waals surface area contributed by atoms with Gasteiger partial charge in [-0.3, -0.25) is 0 Å². The van der Waals surface area contributed by atoms with Crippen LogP contribution in [0.15, 0.2) is 12.1 Å². The Hall–Kier alpha value is -0.820. The molecule has 1 unspecified atom stereocenters. The Kier molecular flexibility index (Phi) is 3.70. The lowest BCUT2D eigenvalue weighted by Crippen LogP contribution is -2.07. The molecule has 0 radical (unpaired) electrons. The first kappa shape index (κ1) is 11.3. The van der Waals surface area contributed by atoms with Crippen molar-refractivity contribution in [1.82, 2.24) is 0 Å². The van der Waals surface area contributed by atoms with E-state index in [4.69, 9.17) is 0 Å². The van der Waals surface area contributed by atoms with E-state index in [0.29, 0.717) is 0 Å². The summed E-state index contributed by atoms with van der Waals surface area (Å²) in [5, 5.41) is 9.38. The summed E-state index contributed by atoms with van der Waals surface area (Å²) in [6.45, 7) is 8.27. The van der Waals surface area contributed by atoms with Crippen molar-refractivity contribution in [1.29, 1.82) is 0 Å². The molecule has 0 saturated heterocycles. The number of hydrogen-bond donors (Lipinski definition) is 1. The van der Waals surface area contributed by atoms with E-state index in [9.17, 15) is 5.11 Å². The standard InChI is InChI=1S/C13H20O/c1-5-12-6-9(2)11(4)13(8-12)7-10(3)14/h6,8,10,14H,5,7H2,1-4H3. The van der Waals surface area contributed by atoms with Crippen molar-refractivity contribution in [2.24, 2.45) is 0 Å². The van der Waals surface area contributed by atoms with Crippen molar-refractivity contribution < 1.29 is 5.11 Å². The molecule has 1 nitrogen and oxygen atoms in total. The number of aliphatic hydroxyl groups excluding tert-OH is 1. The summed E-state index contributed by atoms with van der Waals surface area (Å²) < 4.78 is 0. The van der Waals surface area contributed by atoms with E-state index < -0.39 is 0 Å². The van der Waals surface area contributed by atoms with Crippen molar-refractivity contribution in [2.45, 2.75) is 46.6 Å². The highest BCUT2D eigenvalue weighted by atomic mass is 16.3. The summed E-state index contributed by atoms with van der Waals surface area (Å²) in [6.07, 6.45) is 1.58. The quantitative estimate of drug-likeness (QED) is 0.780. The van der Waals surface area contributed by atoms with Gasteiger partial charge in [-0.2, -0.15) is 0 Å². The average molecular weight is 192 g/mol. The van der Waals surface area contributed by atoms with Crippen molar-refractivity contribution >= 4 is 0 Å². The van der Waals surface area contributed by atoms with Crippen LogP contribution in [-0.2, 0) is 12.8 Å². The van der Waals surface area contributed by atoms with Gasteiger partial charge in [0.15, 0.2) is 0 Å². The maximum absolute atomic E-state index is 9.38. The molecule has 0 spiro atoms. The lowest BCUT2D eigenvalue weighted by Gasteiger charge is -2.12. The third-order valence-electron chi connectivity index (χ3n) is 2.76. The third-order valence-corrected chi connectivity index (χ3v) is 2.76. The fourth-order valence-corrected chi connectivity index (χ4v) is 1.75. The molecule has 1 heteroatoms. The second-order valence-electron chi connectivity index (χ2n) is 4.10. The molecular formula is C13H20O. The fraction of sp³-hybridized carbons (Fsp3) is 0.538. The summed E-state index contributed by atoms with van der Waals surface area (Å²) >= 11 is 0. The molecule has 0 aliphatic heterocycles. The molecular weight excluding hydrogens is 172 g/mol. The summed E-state index contributed by atoms with van der Waals surface area (Å²) in [7, 11) is 0. The molecule has 14 heavy (non-hydrogen) atoms. The number of benzene rings is 1. The Morgan fingerprint density at radius 3 is 2.43 bits per heavy atom. The van der Waals surface area contributed by atoms with Gasteiger partial charge in [0.2, 0.25) is 0 Å². The Labute approximate surface area is 86.8 Å². The second kappa shape index (κ2) is 4.61. The molecule has 0 aliphatic rings. The van der Waals surface area contributed by atoms with Gasteiger partial charge < -0.3 is 5.11 Å². The summed E-state index contributed by atoms with van der Waals surface area (Å²) in [5.41, 5.74) is 5.31.